The second kappa shape index (κ2) is 8.31. The topological polar surface area (TPSA) is 72.5 Å². The zero-order valence-corrected chi connectivity index (χ0v) is 19.1. The minimum absolute atomic E-state index is 0.0994. The molecule has 30 heavy (non-hydrogen) atoms. The van der Waals surface area contributed by atoms with Crippen molar-refractivity contribution in [3.8, 4) is 11.5 Å². The largest absolute Gasteiger partial charge is 0.496 e. The highest BCUT2D eigenvalue weighted by Gasteiger charge is 2.49. The normalized spacial score (nSPS) is 34.7. The Labute approximate surface area is 181 Å². The number of benzene rings is 1. The Bertz CT molecular complexity index is 811. The molecule has 0 unspecified atom stereocenters. The average molecular weight is 439 g/mol. The lowest BCUT2D eigenvalue weighted by Gasteiger charge is -2.38. The van der Waals surface area contributed by atoms with Gasteiger partial charge in [0.15, 0.2) is 12.1 Å². The number of methoxy groups -OCH3 is 2. The Morgan fingerprint density at radius 1 is 1.17 bits per heavy atom. The maximum absolute atomic E-state index is 12.3. The van der Waals surface area contributed by atoms with E-state index in [1.165, 1.54) is 11.8 Å². The van der Waals surface area contributed by atoms with Gasteiger partial charge in [-0.3, -0.25) is 4.79 Å². The molecule has 0 radical (unpaired) electrons. The van der Waals surface area contributed by atoms with E-state index >= 15 is 0 Å². The quantitative estimate of drug-likeness (QED) is 0.690. The van der Waals surface area contributed by atoms with Gasteiger partial charge in [0, 0.05) is 17.5 Å². The molecule has 3 aliphatic heterocycles. The van der Waals surface area contributed by atoms with Crippen LogP contribution in [0.2, 0.25) is 0 Å². The van der Waals surface area contributed by atoms with Crippen molar-refractivity contribution < 1.29 is 33.2 Å². The number of Topliss-reactive ketones (excluding diaryl/α,β-unsaturated/α-hetero) is 1. The molecule has 2 fully saturated rings. The number of ether oxygens (including phenoxy) is 6. The molecule has 2 saturated heterocycles. The lowest BCUT2D eigenvalue weighted by molar-refractivity contribution is -0.232. The van der Waals surface area contributed by atoms with E-state index in [0.717, 1.165) is 16.9 Å². The third-order valence-corrected chi connectivity index (χ3v) is 7.25. The molecule has 4 rings (SSSR count). The Kier molecular flexibility index (Phi) is 6.07. The van der Waals surface area contributed by atoms with Gasteiger partial charge in [0.2, 0.25) is 0 Å². The van der Waals surface area contributed by atoms with Crippen LogP contribution in [0.1, 0.15) is 50.7 Å². The third kappa shape index (κ3) is 4.08. The molecule has 6 atom stereocenters. The van der Waals surface area contributed by atoms with Crippen molar-refractivity contribution in [3.63, 3.8) is 0 Å². The molecule has 7 nitrogen and oxygen atoms in total. The number of fused-ring (bicyclic) bond motifs is 2. The third-order valence-electron chi connectivity index (χ3n) is 5.83. The molecule has 0 spiro atoms. The van der Waals surface area contributed by atoms with E-state index < -0.39 is 17.5 Å². The summed E-state index contributed by atoms with van der Waals surface area (Å²) in [5.74, 6) is 0.924. The van der Waals surface area contributed by atoms with Crippen LogP contribution < -0.4 is 9.47 Å². The van der Waals surface area contributed by atoms with Crippen LogP contribution in [0.5, 0.6) is 11.5 Å². The second-order valence-corrected chi connectivity index (χ2v) is 9.68. The van der Waals surface area contributed by atoms with Crippen LogP contribution in [-0.4, -0.2) is 55.6 Å². The number of hydrogen-bond donors (Lipinski definition) is 0. The first-order valence-electron chi connectivity index (χ1n) is 10.3. The fourth-order valence-electron chi connectivity index (χ4n) is 4.48. The van der Waals surface area contributed by atoms with Crippen LogP contribution in [0.3, 0.4) is 0 Å². The molecule has 166 valence electrons. The highest BCUT2D eigenvalue weighted by Crippen LogP contribution is 2.50. The van der Waals surface area contributed by atoms with Crippen LogP contribution in [0.15, 0.2) is 12.1 Å². The van der Waals surface area contributed by atoms with Crippen molar-refractivity contribution in [1.29, 1.82) is 0 Å². The molecule has 3 heterocycles. The number of ketones is 1. The van der Waals surface area contributed by atoms with E-state index in [4.69, 9.17) is 28.4 Å². The maximum atomic E-state index is 12.3. The summed E-state index contributed by atoms with van der Waals surface area (Å²) in [6.45, 7) is 7.41. The van der Waals surface area contributed by atoms with E-state index in [1.54, 1.807) is 21.1 Å². The number of carbonyl (C=O) groups is 1. The molecule has 0 bridgehead atoms. The summed E-state index contributed by atoms with van der Waals surface area (Å²) in [5, 5.41) is -0.220. The zero-order valence-electron chi connectivity index (χ0n) is 18.3. The summed E-state index contributed by atoms with van der Waals surface area (Å²) in [6, 6.07) is 3.75. The van der Waals surface area contributed by atoms with Crippen LogP contribution >= 0.6 is 11.8 Å². The van der Waals surface area contributed by atoms with Gasteiger partial charge < -0.3 is 28.4 Å². The van der Waals surface area contributed by atoms with Crippen LogP contribution in [0.25, 0.3) is 0 Å². The molecular weight excluding hydrogens is 408 g/mol. The Balaban J connectivity index is 1.62. The van der Waals surface area contributed by atoms with E-state index in [2.05, 4.69) is 0 Å². The highest BCUT2D eigenvalue weighted by molar-refractivity contribution is 8.00. The smallest absolute Gasteiger partial charge is 0.163 e. The lowest BCUT2D eigenvalue weighted by atomic mass is 9.98. The number of rotatable bonds is 5. The molecular formula is C22H30O7S. The minimum atomic E-state index is -0.635. The SMILES string of the molecule is COc1ccc(OC)c2c1C[C@@H](C(C)=O)S[C@@H]2O[C@H]1C[C@@H]2OC(C)(C)O[C@@H]2[C@H](C)O1. The standard InChI is InChI=1S/C22H30O7S/c1-11(23)17-9-13-14(24-5)7-8-15(25-6)19(13)21(30-17)27-18-10-16-20(12(2)26-18)29-22(3,4)28-16/h7-8,12,16-18,20-21H,9-10H2,1-6H3/t12-,16-,17-,18-,20+,21-/m0/s1. The monoisotopic (exact) mass is 438 g/mol. The predicted octanol–water partition coefficient (Wildman–Crippen LogP) is 3.62. The maximum Gasteiger partial charge on any atom is 0.163 e. The van der Waals surface area contributed by atoms with Crippen molar-refractivity contribution in [1.82, 2.24) is 0 Å². The molecule has 0 amide bonds. The van der Waals surface area contributed by atoms with Gasteiger partial charge in [-0.15, -0.1) is 11.8 Å². The summed E-state index contributed by atoms with van der Waals surface area (Å²) < 4.78 is 35.8. The molecule has 0 N–H and O–H groups in total. The predicted molar refractivity (Wildman–Crippen MR) is 112 cm³/mol. The molecule has 0 aromatic heterocycles. The Hall–Kier alpha value is -1.32. The van der Waals surface area contributed by atoms with Crippen LogP contribution in [-0.2, 0) is 30.2 Å². The fraction of sp³-hybridized carbons (Fsp3) is 0.682. The van der Waals surface area contributed by atoms with E-state index in [1.807, 2.05) is 32.9 Å². The molecule has 0 aliphatic carbocycles. The molecule has 1 aromatic rings. The van der Waals surface area contributed by atoms with Gasteiger partial charge in [-0.1, -0.05) is 0 Å². The van der Waals surface area contributed by atoms with Crippen LogP contribution in [0, 0.1) is 0 Å². The van der Waals surface area contributed by atoms with Gasteiger partial charge in [0.25, 0.3) is 0 Å². The van der Waals surface area contributed by atoms with Crippen molar-refractivity contribution in [2.24, 2.45) is 0 Å². The van der Waals surface area contributed by atoms with E-state index in [0.29, 0.717) is 18.6 Å². The van der Waals surface area contributed by atoms with Crippen molar-refractivity contribution in [3.05, 3.63) is 23.3 Å². The van der Waals surface area contributed by atoms with Crippen molar-refractivity contribution in [2.75, 3.05) is 14.2 Å². The average Bonchev–Trinajstić information content (AvgIpc) is 3.01. The van der Waals surface area contributed by atoms with Gasteiger partial charge in [-0.05, 0) is 46.2 Å². The van der Waals surface area contributed by atoms with Gasteiger partial charge in [-0.25, -0.2) is 0 Å². The fourth-order valence-corrected chi connectivity index (χ4v) is 5.82. The lowest BCUT2D eigenvalue weighted by Crippen LogP contribution is -2.46. The van der Waals surface area contributed by atoms with Crippen molar-refractivity contribution in [2.45, 2.75) is 81.6 Å². The first-order valence-corrected chi connectivity index (χ1v) is 11.2. The summed E-state index contributed by atoms with van der Waals surface area (Å²) in [4.78, 5) is 12.3. The summed E-state index contributed by atoms with van der Waals surface area (Å²) in [7, 11) is 3.27. The molecule has 3 aliphatic rings. The summed E-state index contributed by atoms with van der Waals surface area (Å²) in [6.07, 6.45) is 0.267. The van der Waals surface area contributed by atoms with E-state index in [-0.39, 0.29) is 29.3 Å². The van der Waals surface area contributed by atoms with E-state index in [9.17, 15) is 4.79 Å². The Morgan fingerprint density at radius 3 is 2.53 bits per heavy atom. The van der Waals surface area contributed by atoms with Gasteiger partial charge >= 0.3 is 0 Å². The van der Waals surface area contributed by atoms with Gasteiger partial charge in [0.1, 0.15) is 28.8 Å². The molecule has 0 saturated carbocycles. The van der Waals surface area contributed by atoms with Crippen molar-refractivity contribution >= 4 is 17.5 Å². The number of thioether (sulfide) groups is 1. The summed E-state index contributed by atoms with van der Waals surface area (Å²) in [5.41, 5.74) is 1.43. The second-order valence-electron chi connectivity index (χ2n) is 8.41. The molecule has 8 heteroatoms. The van der Waals surface area contributed by atoms with Crippen LogP contribution in [0.4, 0.5) is 0 Å². The first-order chi connectivity index (χ1) is 14.2. The first kappa shape index (κ1) is 21.9. The number of hydrogen-bond acceptors (Lipinski definition) is 8. The Morgan fingerprint density at radius 2 is 1.87 bits per heavy atom. The summed E-state index contributed by atoms with van der Waals surface area (Å²) >= 11 is 1.49. The highest BCUT2D eigenvalue weighted by atomic mass is 32.2. The molecule has 1 aromatic carbocycles. The van der Waals surface area contributed by atoms with Gasteiger partial charge in [0.05, 0.1) is 31.7 Å². The van der Waals surface area contributed by atoms with Gasteiger partial charge in [-0.2, -0.15) is 0 Å². The number of carbonyl (C=O) groups excluding carboxylic acids is 1. The minimum Gasteiger partial charge on any atom is -0.496 e. The zero-order chi connectivity index (χ0) is 21.6.